The molecule has 0 radical (unpaired) electrons. The molecule has 1 atom stereocenters. The summed E-state index contributed by atoms with van der Waals surface area (Å²) in [6, 6.07) is 13.1. The number of hydrogen-bond acceptors (Lipinski definition) is 4. The van der Waals surface area contributed by atoms with Crippen LogP contribution >= 0.6 is 11.6 Å². The van der Waals surface area contributed by atoms with Gasteiger partial charge in [-0.1, -0.05) is 29.8 Å². The first-order valence-corrected chi connectivity index (χ1v) is 9.26. The number of benzene rings is 2. The molecule has 1 amide bonds. The lowest BCUT2D eigenvalue weighted by Gasteiger charge is -2.24. The largest absolute Gasteiger partial charge is 0.467 e. The van der Waals surface area contributed by atoms with Gasteiger partial charge in [0.2, 0.25) is 5.76 Å². The van der Waals surface area contributed by atoms with Crippen LogP contribution in [0.1, 0.15) is 33.5 Å². The van der Waals surface area contributed by atoms with E-state index in [-0.39, 0.29) is 34.4 Å². The minimum absolute atomic E-state index is 0.0611. The summed E-state index contributed by atoms with van der Waals surface area (Å²) < 4.78 is 25.9. The quantitative estimate of drug-likeness (QED) is 0.481. The van der Waals surface area contributed by atoms with Gasteiger partial charge in [0.05, 0.1) is 29.8 Å². The van der Waals surface area contributed by atoms with Gasteiger partial charge in [-0.2, -0.15) is 0 Å². The van der Waals surface area contributed by atoms with E-state index in [0.717, 1.165) is 0 Å². The number of rotatable bonds is 3. The molecule has 1 aliphatic rings. The number of furan rings is 1. The standard InChI is InChI=1S/C22H13ClFNO4/c23-12-7-8-17-15(10-12)20(26)18-19(14-5-1-2-6-16(14)24)25(22(27)21(18)29-17)11-13-4-3-9-28-13/h1-10,19H,11H2. The van der Waals surface area contributed by atoms with Gasteiger partial charge < -0.3 is 13.7 Å². The molecular weight excluding hydrogens is 397 g/mol. The fraction of sp³-hybridized carbons (Fsp3) is 0.0909. The van der Waals surface area contributed by atoms with Crippen LogP contribution in [-0.2, 0) is 6.54 Å². The molecule has 3 heterocycles. The third-order valence-corrected chi connectivity index (χ3v) is 5.27. The first-order valence-electron chi connectivity index (χ1n) is 8.88. The van der Waals surface area contributed by atoms with Crippen LogP contribution in [0.5, 0.6) is 0 Å². The van der Waals surface area contributed by atoms with Gasteiger partial charge in [-0.3, -0.25) is 9.59 Å². The molecule has 0 saturated carbocycles. The molecule has 29 heavy (non-hydrogen) atoms. The van der Waals surface area contributed by atoms with Crippen LogP contribution in [0.2, 0.25) is 5.02 Å². The Bertz CT molecular complexity index is 1310. The fourth-order valence-corrected chi connectivity index (χ4v) is 3.92. The van der Waals surface area contributed by atoms with Crippen molar-refractivity contribution in [1.29, 1.82) is 0 Å². The molecule has 0 aliphatic carbocycles. The summed E-state index contributed by atoms with van der Waals surface area (Å²) >= 11 is 6.04. The molecule has 0 fully saturated rings. The number of hydrogen-bond donors (Lipinski definition) is 0. The summed E-state index contributed by atoms with van der Waals surface area (Å²) in [6.45, 7) is 0.0611. The van der Waals surface area contributed by atoms with Gasteiger partial charge in [-0.15, -0.1) is 0 Å². The highest BCUT2D eigenvalue weighted by molar-refractivity contribution is 6.31. The van der Waals surface area contributed by atoms with E-state index in [1.54, 1.807) is 42.5 Å². The first-order chi connectivity index (χ1) is 14.0. The molecule has 2 aromatic heterocycles. The van der Waals surface area contributed by atoms with Crippen LogP contribution in [0.4, 0.5) is 4.39 Å². The van der Waals surface area contributed by atoms with Crippen LogP contribution in [0.3, 0.4) is 0 Å². The maximum atomic E-state index is 14.7. The Balaban J connectivity index is 1.78. The Labute approximate surface area is 168 Å². The summed E-state index contributed by atoms with van der Waals surface area (Å²) in [6.07, 6.45) is 1.49. The molecule has 7 heteroatoms. The van der Waals surface area contributed by atoms with Crippen LogP contribution in [0.15, 0.2) is 74.5 Å². The fourth-order valence-electron chi connectivity index (χ4n) is 3.75. The molecule has 0 spiro atoms. The number of nitrogens with zero attached hydrogens (tertiary/aromatic N) is 1. The molecule has 0 bridgehead atoms. The van der Waals surface area contributed by atoms with Crippen LogP contribution in [0, 0.1) is 5.82 Å². The zero-order valence-electron chi connectivity index (χ0n) is 14.9. The van der Waals surface area contributed by atoms with Gasteiger partial charge >= 0.3 is 0 Å². The lowest BCUT2D eigenvalue weighted by molar-refractivity contribution is 0.0699. The second-order valence-electron chi connectivity index (χ2n) is 6.75. The SMILES string of the molecule is O=C1c2oc3ccc(Cl)cc3c(=O)c2C(c2ccccc2F)N1Cc1ccco1. The van der Waals surface area contributed by atoms with Crippen molar-refractivity contribution in [3.05, 3.63) is 105 Å². The second-order valence-corrected chi connectivity index (χ2v) is 7.19. The highest BCUT2D eigenvalue weighted by Crippen LogP contribution is 2.40. The normalized spacial score (nSPS) is 15.9. The van der Waals surface area contributed by atoms with Crippen LogP contribution < -0.4 is 5.43 Å². The number of halogens is 2. The van der Waals surface area contributed by atoms with Gasteiger partial charge in [0.1, 0.15) is 17.2 Å². The van der Waals surface area contributed by atoms with Crippen LogP contribution in [-0.4, -0.2) is 10.8 Å². The highest BCUT2D eigenvalue weighted by atomic mass is 35.5. The van der Waals surface area contributed by atoms with Crippen molar-refractivity contribution in [1.82, 2.24) is 4.90 Å². The van der Waals surface area contributed by atoms with E-state index in [9.17, 15) is 14.0 Å². The van der Waals surface area contributed by atoms with E-state index >= 15 is 0 Å². The Morgan fingerprint density at radius 3 is 2.66 bits per heavy atom. The number of fused-ring (bicyclic) bond motifs is 2. The monoisotopic (exact) mass is 409 g/mol. The minimum Gasteiger partial charge on any atom is -0.467 e. The summed E-state index contributed by atoms with van der Waals surface area (Å²) in [7, 11) is 0. The van der Waals surface area contributed by atoms with E-state index in [4.69, 9.17) is 20.4 Å². The summed E-state index contributed by atoms with van der Waals surface area (Å²) in [5, 5.41) is 0.606. The Kier molecular flexibility index (Phi) is 4.03. The third kappa shape index (κ3) is 2.76. The lowest BCUT2D eigenvalue weighted by Crippen LogP contribution is -2.29. The van der Waals surface area contributed by atoms with E-state index < -0.39 is 23.2 Å². The topological polar surface area (TPSA) is 63.7 Å². The Hall–Kier alpha value is -3.38. The molecule has 144 valence electrons. The number of amides is 1. The highest BCUT2D eigenvalue weighted by Gasteiger charge is 2.44. The molecule has 1 aliphatic heterocycles. The third-order valence-electron chi connectivity index (χ3n) is 5.03. The summed E-state index contributed by atoms with van der Waals surface area (Å²) in [5.74, 6) is -0.607. The zero-order valence-corrected chi connectivity index (χ0v) is 15.7. The average molecular weight is 410 g/mol. The molecular formula is C22H13ClFNO4. The molecule has 0 N–H and O–H groups in total. The molecule has 0 saturated heterocycles. The van der Waals surface area contributed by atoms with Gasteiger partial charge in [-0.05, 0) is 36.4 Å². The molecule has 5 rings (SSSR count). The molecule has 1 unspecified atom stereocenters. The van der Waals surface area contributed by atoms with Gasteiger partial charge in [0.25, 0.3) is 5.91 Å². The van der Waals surface area contributed by atoms with E-state index in [0.29, 0.717) is 10.8 Å². The maximum absolute atomic E-state index is 14.7. The Morgan fingerprint density at radius 1 is 1.07 bits per heavy atom. The summed E-state index contributed by atoms with van der Waals surface area (Å²) in [5.41, 5.74) is 0.146. The van der Waals surface area contributed by atoms with Gasteiger partial charge in [0.15, 0.2) is 5.43 Å². The predicted octanol–water partition coefficient (Wildman–Crippen LogP) is 4.92. The molecule has 5 nitrogen and oxygen atoms in total. The van der Waals surface area contributed by atoms with E-state index in [2.05, 4.69) is 0 Å². The van der Waals surface area contributed by atoms with Crippen molar-refractivity contribution < 1.29 is 18.0 Å². The predicted molar refractivity (Wildman–Crippen MR) is 104 cm³/mol. The average Bonchev–Trinajstić information content (AvgIpc) is 3.31. The van der Waals surface area contributed by atoms with Crippen molar-refractivity contribution in [2.24, 2.45) is 0 Å². The first kappa shape index (κ1) is 17.7. The van der Waals surface area contributed by atoms with Crippen LogP contribution in [0.25, 0.3) is 11.0 Å². The van der Waals surface area contributed by atoms with Gasteiger partial charge in [-0.25, -0.2) is 4.39 Å². The zero-order chi connectivity index (χ0) is 20.1. The van der Waals surface area contributed by atoms with E-state index in [1.165, 1.54) is 23.3 Å². The number of carbonyl (C=O) groups excluding carboxylic acids is 1. The number of carbonyl (C=O) groups is 1. The summed E-state index contributed by atoms with van der Waals surface area (Å²) in [4.78, 5) is 27.9. The van der Waals surface area contributed by atoms with Crippen molar-refractivity contribution >= 4 is 28.5 Å². The van der Waals surface area contributed by atoms with Crippen molar-refractivity contribution in [3.8, 4) is 0 Å². The second kappa shape index (κ2) is 6.60. The minimum atomic E-state index is -0.941. The van der Waals surface area contributed by atoms with E-state index in [1.807, 2.05) is 0 Å². The molecule has 4 aromatic rings. The Morgan fingerprint density at radius 2 is 1.90 bits per heavy atom. The smallest absolute Gasteiger partial charge is 0.291 e. The maximum Gasteiger partial charge on any atom is 0.291 e. The van der Waals surface area contributed by atoms with Crippen molar-refractivity contribution in [3.63, 3.8) is 0 Å². The van der Waals surface area contributed by atoms with Crippen molar-refractivity contribution in [2.45, 2.75) is 12.6 Å². The van der Waals surface area contributed by atoms with Crippen molar-refractivity contribution in [2.75, 3.05) is 0 Å². The molecule has 2 aromatic carbocycles. The van der Waals surface area contributed by atoms with Gasteiger partial charge in [0, 0.05) is 10.6 Å². The lowest BCUT2D eigenvalue weighted by atomic mass is 9.98.